The molecule has 0 spiro atoms. The fraction of sp³-hybridized carbons (Fsp3) is 0.188. The zero-order valence-electron chi connectivity index (χ0n) is 11.8. The number of aryl methyl sites for hydroxylation is 1. The van der Waals surface area contributed by atoms with Crippen molar-refractivity contribution in [3.8, 4) is 16.3 Å². The molecule has 0 fully saturated rings. The van der Waals surface area contributed by atoms with E-state index in [1.807, 2.05) is 26.2 Å². The van der Waals surface area contributed by atoms with Gasteiger partial charge in [-0.2, -0.15) is 4.57 Å². The molecule has 2 aromatic carbocycles. The summed E-state index contributed by atoms with van der Waals surface area (Å²) >= 11 is 1.69. The van der Waals surface area contributed by atoms with Crippen LogP contribution in [-0.2, 0) is 7.05 Å². The highest BCUT2D eigenvalue weighted by Crippen LogP contribution is 2.31. The van der Waals surface area contributed by atoms with E-state index in [0.717, 1.165) is 10.2 Å². The first-order valence-corrected chi connectivity index (χ1v) is 7.27. The summed E-state index contributed by atoms with van der Waals surface area (Å²) in [5.74, 6) is 0.314. The van der Waals surface area contributed by atoms with E-state index in [9.17, 15) is 5.11 Å². The van der Waals surface area contributed by atoms with Crippen LogP contribution in [0.3, 0.4) is 0 Å². The van der Waals surface area contributed by atoms with Gasteiger partial charge in [-0.3, -0.25) is 0 Å². The number of anilines is 1. The highest BCUT2D eigenvalue weighted by atomic mass is 32.1. The van der Waals surface area contributed by atoms with E-state index < -0.39 is 0 Å². The van der Waals surface area contributed by atoms with E-state index in [4.69, 9.17) is 0 Å². The third kappa shape index (κ3) is 2.12. The van der Waals surface area contributed by atoms with Crippen LogP contribution in [0.25, 0.3) is 20.8 Å². The number of aromatic nitrogens is 1. The Kier molecular flexibility index (Phi) is 3.10. The van der Waals surface area contributed by atoms with Gasteiger partial charge in [0.15, 0.2) is 0 Å². The minimum absolute atomic E-state index is 0.314. The summed E-state index contributed by atoms with van der Waals surface area (Å²) in [6, 6.07) is 14.0. The van der Waals surface area contributed by atoms with Gasteiger partial charge in [0.05, 0.1) is 5.56 Å². The van der Waals surface area contributed by atoms with Crippen molar-refractivity contribution >= 4 is 27.2 Å². The smallest absolute Gasteiger partial charge is 0.269 e. The van der Waals surface area contributed by atoms with E-state index in [1.165, 1.54) is 16.3 Å². The molecule has 0 bridgehead atoms. The Hall–Kier alpha value is -2.07. The van der Waals surface area contributed by atoms with Crippen molar-refractivity contribution in [3.05, 3.63) is 42.5 Å². The van der Waals surface area contributed by atoms with Gasteiger partial charge >= 0.3 is 0 Å². The van der Waals surface area contributed by atoms with Gasteiger partial charge in [0, 0.05) is 31.9 Å². The summed E-state index contributed by atoms with van der Waals surface area (Å²) in [5, 5.41) is 10.8. The zero-order valence-corrected chi connectivity index (χ0v) is 12.6. The molecule has 0 radical (unpaired) electrons. The Morgan fingerprint density at radius 3 is 2.40 bits per heavy atom. The number of hydrogen-bond donors (Lipinski definition) is 1. The first-order valence-electron chi connectivity index (χ1n) is 6.45. The summed E-state index contributed by atoms with van der Waals surface area (Å²) in [6.45, 7) is 0. The molecule has 1 heterocycles. The maximum absolute atomic E-state index is 9.59. The molecular formula is C16H17N2OS+. The molecule has 0 aliphatic heterocycles. The van der Waals surface area contributed by atoms with Gasteiger partial charge in [-0.25, -0.2) is 0 Å². The minimum Gasteiger partial charge on any atom is -0.508 e. The van der Waals surface area contributed by atoms with Gasteiger partial charge < -0.3 is 10.0 Å². The number of nitrogens with zero attached hydrogens (tertiary/aromatic N) is 2. The molecule has 1 aromatic heterocycles. The van der Waals surface area contributed by atoms with Crippen LogP contribution in [0.2, 0.25) is 0 Å². The molecule has 4 heteroatoms. The van der Waals surface area contributed by atoms with Crippen LogP contribution in [0.5, 0.6) is 5.75 Å². The van der Waals surface area contributed by atoms with Crippen LogP contribution in [0.15, 0.2) is 42.5 Å². The van der Waals surface area contributed by atoms with E-state index in [0.29, 0.717) is 5.75 Å². The van der Waals surface area contributed by atoms with Gasteiger partial charge in [0.1, 0.15) is 17.5 Å². The lowest BCUT2D eigenvalue weighted by atomic mass is 10.2. The van der Waals surface area contributed by atoms with Crippen LogP contribution in [0, 0.1) is 0 Å². The SMILES string of the molecule is CN(C)c1ccc(-c2sc3cc(O)ccc3[n+]2C)cc1. The van der Waals surface area contributed by atoms with Crippen molar-refractivity contribution in [1.82, 2.24) is 0 Å². The van der Waals surface area contributed by atoms with Gasteiger partial charge in [0.25, 0.3) is 5.01 Å². The van der Waals surface area contributed by atoms with Crippen LogP contribution < -0.4 is 9.47 Å². The lowest BCUT2D eigenvalue weighted by Gasteiger charge is -2.11. The fourth-order valence-electron chi connectivity index (χ4n) is 2.30. The lowest BCUT2D eigenvalue weighted by Crippen LogP contribution is -2.28. The van der Waals surface area contributed by atoms with Crippen molar-refractivity contribution in [2.24, 2.45) is 7.05 Å². The second-order valence-electron chi connectivity index (χ2n) is 5.06. The van der Waals surface area contributed by atoms with Crippen LogP contribution in [-0.4, -0.2) is 19.2 Å². The molecule has 20 heavy (non-hydrogen) atoms. The molecular weight excluding hydrogens is 268 g/mol. The average molecular weight is 285 g/mol. The molecule has 3 nitrogen and oxygen atoms in total. The summed E-state index contributed by atoms with van der Waals surface area (Å²) in [7, 11) is 6.14. The van der Waals surface area contributed by atoms with Crippen molar-refractivity contribution in [1.29, 1.82) is 0 Å². The maximum atomic E-state index is 9.59. The Bertz CT molecular complexity index is 760. The van der Waals surface area contributed by atoms with Crippen molar-refractivity contribution < 1.29 is 9.67 Å². The third-order valence-electron chi connectivity index (χ3n) is 3.45. The van der Waals surface area contributed by atoms with Gasteiger partial charge in [-0.1, -0.05) is 11.3 Å². The van der Waals surface area contributed by atoms with E-state index >= 15 is 0 Å². The quantitative estimate of drug-likeness (QED) is 0.732. The topological polar surface area (TPSA) is 27.3 Å². The lowest BCUT2D eigenvalue weighted by molar-refractivity contribution is -0.629. The molecule has 0 atom stereocenters. The average Bonchev–Trinajstić information content (AvgIpc) is 2.75. The molecule has 102 valence electrons. The monoisotopic (exact) mass is 285 g/mol. The molecule has 1 N–H and O–H groups in total. The summed E-state index contributed by atoms with van der Waals surface area (Å²) in [5.41, 5.74) is 3.52. The highest BCUT2D eigenvalue weighted by Gasteiger charge is 2.18. The largest absolute Gasteiger partial charge is 0.508 e. The number of benzene rings is 2. The maximum Gasteiger partial charge on any atom is 0.269 e. The normalized spacial score (nSPS) is 10.9. The Labute approximate surface area is 122 Å². The highest BCUT2D eigenvalue weighted by molar-refractivity contribution is 7.21. The predicted octanol–water partition coefficient (Wildman–Crippen LogP) is 3.16. The van der Waals surface area contributed by atoms with Gasteiger partial charge in [-0.15, -0.1) is 0 Å². The van der Waals surface area contributed by atoms with E-state index in [-0.39, 0.29) is 0 Å². The first kappa shape index (κ1) is 12.9. The number of aromatic hydroxyl groups is 1. The first-order chi connectivity index (χ1) is 9.56. The van der Waals surface area contributed by atoms with Crippen molar-refractivity contribution in [3.63, 3.8) is 0 Å². The van der Waals surface area contributed by atoms with Crippen molar-refractivity contribution in [2.45, 2.75) is 0 Å². The second kappa shape index (κ2) is 4.80. The Morgan fingerprint density at radius 1 is 1.05 bits per heavy atom. The number of phenols is 1. The minimum atomic E-state index is 0.314. The number of fused-ring (bicyclic) bond motifs is 1. The predicted molar refractivity (Wildman–Crippen MR) is 84.4 cm³/mol. The number of rotatable bonds is 2. The number of hydrogen-bond acceptors (Lipinski definition) is 3. The molecule has 3 rings (SSSR count). The van der Waals surface area contributed by atoms with E-state index in [2.05, 4.69) is 40.8 Å². The van der Waals surface area contributed by atoms with Crippen LogP contribution in [0.1, 0.15) is 0 Å². The zero-order chi connectivity index (χ0) is 14.3. The molecule has 0 aliphatic rings. The van der Waals surface area contributed by atoms with E-state index in [1.54, 1.807) is 17.4 Å². The summed E-state index contributed by atoms with van der Waals surface area (Å²) < 4.78 is 3.27. The third-order valence-corrected chi connectivity index (χ3v) is 4.70. The summed E-state index contributed by atoms with van der Waals surface area (Å²) in [4.78, 5) is 2.09. The van der Waals surface area contributed by atoms with Crippen LogP contribution in [0.4, 0.5) is 5.69 Å². The van der Waals surface area contributed by atoms with Crippen molar-refractivity contribution in [2.75, 3.05) is 19.0 Å². The molecule has 0 aliphatic carbocycles. The van der Waals surface area contributed by atoms with Crippen LogP contribution >= 0.6 is 11.3 Å². The number of phenolic OH excluding ortho intramolecular Hbond substituents is 1. The van der Waals surface area contributed by atoms with Gasteiger partial charge in [-0.05, 0) is 30.3 Å². The fourth-order valence-corrected chi connectivity index (χ4v) is 3.49. The molecule has 0 saturated carbocycles. The molecule has 0 unspecified atom stereocenters. The Balaban J connectivity index is 2.11. The Morgan fingerprint density at radius 2 is 1.75 bits per heavy atom. The number of thiazole rings is 1. The second-order valence-corrected chi connectivity index (χ2v) is 6.09. The molecule has 3 aromatic rings. The summed E-state index contributed by atoms with van der Waals surface area (Å²) in [6.07, 6.45) is 0. The molecule has 0 amide bonds. The van der Waals surface area contributed by atoms with Gasteiger partial charge in [0.2, 0.25) is 5.52 Å². The standard InChI is InChI=1S/C16H16N2OS/c1-17(2)12-6-4-11(5-7-12)16-18(3)14-9-8-13(19)10-15(14)20-16/h4-10H,1-3H3/p+1. The molecule has 0 saturated heterocycles.